The molecule has 0 saturated carbocycles. The molecule has 0 aromatic heterocycles. The van der Waals surface area contributed by atoms with Crippen LogP contribution in [0.3, 0.4) is 0 Å². The molecule has 2 aromatic carbocycles. The van der Waals surface area contributed by atoms with Crippen LogP contribution >= 0.6 is 0 Å². The zero-order chi connectivity index (χ0) is 21.8. The van der Waals surface area contributed by atoms with E-state index in [4.69, 9.17) is 0 Å². The first-order valence-electron chi connectivity index (χ1n) is 9.99. The highest BCUT2D eigenvalue weighted by atomic mass is 19.1. The van der Waals surface area contributed by atoms with Crippen molar-refractivity contribution >= 4 is 29.1 Å². The number of carbonyl (C=O) groups excluding carboxylic acids is 3. The molecule has 2 aromatic rings. The second kappa shape index (κ2) is 9.07. The zero-order valence-electron chi connectivity index (χ0n) is 17.4. The lowest BCUT2D eigenvalue weighted by Gasteiger charge is -2.21. The predicted octanol–water partition coefficient (Wildman–Crippen LogP) is 3.15. The second-order valence-electron chi connectivity index (χ2n) is 7.61. The van der Waals surface area contributed by atoms with Gasteiger partial charge in [0.1, 0.15) is 5.82 Å². The van der Waals surface area contributed by atoms with Crippen LogP contribution in [-0.4, -0.2) is 42.8 Å². The van der Waals surface area contributed by atoms with Gasteiger partial charge in [0.15, 0.2) is 0 Å². The van der Waals surface area contributed by atoms with Gasteiger partial charge < -0.3 is 15.1 Å². The van der Waals surface area contributed by atoms with E-state index in [0.29, 0.717) is 0 Å². The van der Waals surface area contributed by atoms with Crippen LogP contribution in [0.5, 0.6) is 0 Å². The maximum atomic E-state index is 14.3. The third-order valence-corrected chi connectivity index (χ3v) is 5.30. The van der Waals surface area contributed by atoms with E-state index in [2.05, 4.69) is 5.32 Å². The molecule has 3 amide bonds. The van der Waals surface area contributed by atoms with Gasteiger partial charge in [0.25, 0.3) is 0 Å². The first-order valence-corrected chi connectivity index (χ1v) is 9.99. The normalized spacial score (nSPS) is 15.9. The molecule has 1 saturated heterocycles. The number of nitrogens with zero attached hydrogens (tertiary/aromatic N) is 2. The summed E-state index contributed by atoms with van der Waals surface area (Å²) in [7, 11) is 1.53. The molecule has 1 aliphatic rings. The Morgan fingerprint density at radius 1 is 1.23 bits per heavy atom. The highest BCUT2D eigenvalue weighted by Gasteiger charge is 2.37. The molecule has 1 fully saturated rings. The van der Waals surface area contributed by atoms with Crippen molar-refractivity contribution in [2.45, 2.75) is 26.7 Å². The maximum absolute atomic E-state index is 14.3. The van der Waals surface area contributed by atoms with Crippen molar-refractivity contribution in [2.24, 2.45) is 5.92 Å². The summed E-state index contributed by atoms with van der Waals surface area (Å²) >= 11 is 0. The van der Waals surface area contributed by atoms with Crippen molar-refractivity contribution in [3.8, 4) is 0 Å². The molecule has 1 N–H and O–H groups in total. The molecule has 0 spiro atoms. The minimum absolute atomic E-state index is 0.00320. The van der Waals surface area contributed by atoms with Crippen molar-refractivity contribution in [1.29, 1.82) is 0 Å². The Hall–Kier alpha value is -3.22. The summed E-state index contributed by atoms with van der Waals surface area (Å²) < 4.78 is 14.3. The molecular weight excluding hydrogens is 385 g/mol. The first kappa shape index (κ1) is 21.5. The molecular formula is C23H26FN3O3. The fourth-order valence-corrected chi connectivity index (χ4v) is 3.68. The predicted molar refractivity (Wildman–Crippen MR) is 114 cm³/mol. The Bertz CT molecular complexity index is 976. The quantitative estimate of drug-likeness (QED) is 0.794. The summed E-state index contributed by atoms with van der Waals surface area (Å²) in [4.78, 5) is 40.2. The van der Waals surface area contributed by atoms with E-state index in [0.717, 1.165) is 23.2 Å². The lowest BCUT2D eigenvalue weighted by Crippen LogP contribution is -2.39. The highest BCUT2D eigenvalue weighted by Crippen LogP contribution is 2.28. The van der Waals surface area contributed by atoms with E-state index in [1.807, 2.05) is 31.2 Å². The third kappa shape index (κ3) is 4.67. The molecule has 0 aliphatic carbocycles. The molecule has 1 unspecified atom stereocenters. The van der Waals surface area contributed by atoms with Gasteiger partial charge >= 0.3 is 0 Å². The standard InChI is InChI=1S/C23H26FN3O3/c1-4-16-7-5-6-8-19(16)25-21(28)14-26(3)23(30)17-12-22(29)27(13-17)20-10-9-15(2)11-18(20)24/h5-11,17H,4,12-14H2,1-3H3,(H,25,28). The number of rotatable bonds is 6. The van der Waals surface area contributed by atoms with E-state index >= 15 is 0 Å². The fourth-order valence-electron chi connectivity index (χ4n) is 3.68. The molecule has 1 heterocycles. The van der Waals surface area contributed by atoms with Gasteiger partial charge in [-0.25, -0.2) is 4.39 Å². The summed E-state index contributed by atoms with van der Waals surface area (Å²) in [6.45, 7) is 3.74. The molecule has 0 radical (unpaired) electrons. The van der Waals surface area contributed by atoms with Crippen molar-refractivity contribution in [3.05, 3.63) is 59.4 Å². The number of para-hydroxylation sites is 1. The average Bonchev–Trinajstić information content (AvgIpc) is 3.09. The molecule has 158 valence electrons. The van der Waals surface area contributed by atoms with E-state index < -0.39 is 11.7 Å². The molecule has 1 atom stereocenters. The lowest BCUT2D eigenvalue weighted by atomic mass is 10.1. The number of carbonyl (C=O) groups is 3. The second-order valence-corrected chi connectivity index (χ2v) is 7.61. The third-order valence-electron chi connectivity index (χ3n) is 5.30. The number of hydrogen-bond acceptors (Lipinski definition) is 3. The highest BCUT2D eigenvalue weighted by molar-refractivity contribution is 6.01. The Labute approximate surface area is 175 Å². The monoisotopic (exact) mass is 411 g/mol. The topological polar surface area (TPSA) is 69.7 Å². The Morgan fingerprint density at radius 2 is 1.97 bits per heavy atom. The van der Waals surface area contributed by atoms with Crippen LogP contribution in [0.1, 0.15) is 24.5 Å². The Balaban J connectivity index is 1.62. The molecule has 0 bridgehead atoms. The zero-order valence-corrected chi connectivity index (χ0v) is 17.4. The van der Waals surface area contributed by atoms with Gasteiger partial charge in [0, 0.05) is 25.7 Å². The number of anilines is 2. The number of likely N-dealkylation sites (N-methyl/N-ethyl adjacent to an activating group) is 1. The van der Waals surface area contributed by atoms with Crippen LogP contribution in [0.15, 0.2) is 42.5 Å². The van der Waals surface area contributed by atoms with Gasteiger partial charge in [-0.05, 0) is 42.7 Å². The van der Waals surface area contributed by atoms with Crippen LogP contribution in [0.2, 0.25) is 0 Å². The van der Waals surface area contributed by atoms with E-state index in [-0.39, 0.29) is 42.9 Å². The first-order chi connectivity index (χ1) is 14.3. The smallest absolute Gasteiger partial charge is 0.243 e. The molecule has 30 heavy (non-hydrogen) atoms. The Kier molecular flexibility index (Phi) is 6.50. The van der Waals surface area contributed by atoms with Crippen molar-refractivity contribution in [1.82, 2.24) is 4.90 Å². The van der Waals surface area contributed by atoms with Crippen molar-refractivity contribution in [3.63, 3.8) is 0 Å². The number of halogens is 1. The van der Waals surface area contributed by atoms with Gasteiger partial charge in [-0.2, -0.15) is 0 Å². The number of nitrogens with one attached hydrogen (secondary N) is 1. The number of amides is 3. The van der Waals surface area contributed by atoms with Crippen LogP contribution in [0, 0.1) is 18.7 Å². The van der Waals surface area contributed by atoms with Gasteiger partial charge in [-0.3, -0.25) is 14.4 Å². The molecule has 6 nitrogen and oxygen atoms in total. The number of benzene rings is 2. The Morgan fingerprint density at radius 3 is 2.67 bits per heavy atom. The average molecular weight is 411 g/mol. The van der Waals surface area contributed by atoms with Gasteiger partial charge in [-0.1, -0.05) is 31.2 Å². The lowest BCUT2D eigenvalue weighted by molar-refractivity contribution is -0.137. The fraction of sp³-hybridized carbons (Fsp3) is 0.348. The van der Waals surface area contributed by atoms with Gasteiger partial charge in [0.05, 0.1) is 18.2 Å². The van der Waals surface area contributed by atoms with E-state index in [1.165, 1.54) is 22.9 Å². The summed E-state index contributed by atoms with van der Waals surface area (Å²) in [5, 5.41) is 2.83. The number of aryl methyl sites for hydroxylation is 2. The van der Waals surface area contributed by atoms with Gasteiger partial charge in [0.2, 0.25) is 17.7 Å². The van der Waals surface area contributed by atoms with E-state index in [1.54, 1.807) is 19.1 Å². The minimum atomic E-state index is -0.612. The summed E-state index contributed by atoms with van der Waals surface area (Å²) in [5.74, 6) is -2.02. The molecule has 1 aliphatic heterocycles. The molecule has 3 rings (SSSR count). The van der Waals surface area contributed by atoms with E-state index in [9.17, 15) is 18.8 Å². The largest absolute Gasteiger partial charge is 0.336 e. The minimum Gasteiger partial charge on any atom is -0.336 e. The van der Waals surface area contributed by atoms with Gasteiger partial charge in [-0.15, -0.1) is 0 Å². The summed E-state index contributed by atoms with van der Waals surface area (Å²) in [5.41, 5.74) is 2.67. The SMILES string of the molecule is CCc1ccccc1NC(=O)CN(C)C(=O)C1CC(=O)N(c2ccc(C)cc2F)C1. The van der Waals surface area contributed by atoms with Crippen molar-refractivity contribution < 1.29 is 18.8 Å². The number of hydrogen-bond donors (Lipinski definition) is 1. The molecule has 7 heteroatoms. The van der Waals surface area contributed by atoms with Crippen LogP contribution < -0.4 is 10.2 Å². The van der Waals surface area contributed by atoms with Crippen LogP contribution in [0.4, 0.5) is 15.8 Å². The summed E-state index contributed by atoms with van der Waals surface area (Å²) in [6.07, 6.45) is 0.775. The maximum Gasteiger partial charge on any atom is 0.243 e. The van der Waals surface area contributed by atoms with Crippen LogP contribution in [0.25, 0.3) is 0 Å². The van der Waals surface area contributed by atoms with Crippen LogP contribution in [-0.2, 0) is 20.8 Å². The van der Waals surface area contributed by atoms with Crippen molar-refractivity contribution in [2.75, 3.05) is 30.4 Å². The summed E-state index contributed by atoms with van der Waals surface area (Å²) in [6, 6.07) is 12.2.